The van der Waals surface area contributed by atoms with Gasteiger partial charge in [-0.25, -0.2) is 14.4 Å². The highest BCUT2D eigenvalue weighted by atomic mass is 16.6. The van der Waals surface area contributed by atoms with E-state index < -0.39 is 53.6 Å². The van der Waals surface area contributed by atoms with Crippen molar-refractivity contribution < 1.29 is 38.9 Å². The Morgan fingerprint density at radius 1 is 0.971 bits per heavy atom. The number of nitrogens with one attached hydrogen (secondary N) is 3. The maximum atomic E-state index is 12.6. The van der Waals surface area contributed by atoms with E-state index in [0.717, 1.165) is 4.90 Å². The molecule has 0 aromatic heterocycles. The van der Waals surface area contributed by atoms with E-state index >= 15 is 0 Å². The van der Waals surface area contributed by atoms with Gasteiger partial charge in [-0.3, -0.25) is 9.69 Å². The zero-order chi connectivity index (χ0) is 26.1. The quantitative estimate of drug-likeness (QED) is 0.306. The van der Waals surface area contributed by atoms with Crippen LogP contribution in [-0.2, 0) is 14.3 Å². The van der Waals surface area contributed by atoms with E-state index in [9.17, 15) is 29.4 Å². The summed E-state index contributed by atoms with van der Waals surface area (Å²) in [6, 6.07) is -1.47. The predicted octanol–water partition coefficient (Wildman–Crippen LogP) is 1.80. The fourth-order valence-electron chi connectivity index (χ4n) is 3.34. The molecular weight excluding hydrogens is 448 g/mol. The third kappa shape index (κ3) is 11.9. The Kier molecular flexibility index (Phi) is 10.9. The zero-order valence-corrected chi connectivity index (χ0v) is 21.0. The molecule has 34 heavy (non-hydrogen) atoms. The Hall–Kier alpha value is -2.76. The Balaban J connectivity index is 2.59. The van der Waals surface area contributed by atoms with Gasteiger partial charge < -0.3 is 35.6 Å². The van der Waals surface area contributed by atoms with Gasteiger partial charge in [0.05, 0.1) is 12.6 Å². The molecule has 1 saturated heterocycles. The van der Waals surface area contributed by atoms with Crippen molar-refractivity contribution >= 4 is 24.2 Å². The lowest BCUT2D eigenvalue weighted by atomic mass is 10.1. The van der Waals surface area contributed by atoms with E-state index in [1.807, 2.05) is 0 Å². The summed E-state index contributed by atoms with van der Waals surface area (Å²) in [5.74, 6) is -0.540. The van der Waals surface area contributed by atoms with Crippen molar-refractivity contribution in [2.45, 2.75) is 96.6 Å². The number of ether oxygens (including phenoxy) is 2. The molecule has 1 aliphatic rings. The van der Waals surface area contributed by atoms with Crippen LogP contribution in [0.15, 0.2) is 0 Å². The van der Waals surface area contributed by atoms with Gasteiger partial charge in [0.25, 0.3) is 0 Å². The van der Waals surface area contributed by atoms with E-state index in [1.165, 1.54) is 0 Å². The minimum absolute atomic E-state index is 0.0125. The van der Waals surface area contributed by atoms with Crippen molar-refractivity contribution in [2.24, 2.45) is 0 Å². The first kappa shape index (κ1) is 29.3. The van der Waals surface area contributed by atoms with Crippen molar-refractivity contribution in [1.82, 2.24) is 20.9 Å². The molecule has 0 bridgehead atoms. The first-order valence-electron chi connectivity index (χ1n) is 11.5. The highest BCUT2D eigenvalue weighted by Crippen LogP contribution is 2.18. The van der Waals surface area contributed by atoms with E-state index in [0.29, 0.717) is 25.8 Å². The summed E-state index contributed by atoms with van der Waals surface area (Å²) in [5.41, 5.74) is -1.28. The molecule has 12 nitrogen and oxygen atoms in total. The van der Waals surface area contributed by atoms with Gasteiger partial charge in [-0.15, -0.1) is 0 Å². The largest absolute Gasteiger partial charge is 0.465 e. The fourth-order valence-corrected chi connectivity index (χ4v) is 3.34. The summed E-state index contributed by atoms with van der Waals surface area (Å²) >= 11 is 0. The number of β-amino-alcohol motifs (C(OH)–C–C–N with tert-alkyl or cyclic N) is 1. The second-order valence-electron chi connectivity index (χ2n) is 10.4. The monoisotopic (exact) mass is 488 g/mol. The second-order valence-corrected chi connectivity index (χ2v) is 10.4. The number of unbranched alkanes of at least 4 members (excludes halogenated alkanes) is 1. The van der Waals surface area contributed by atoms with Crippen LogP contribution < -0.4 is 16.0 Å². The van der Waals surface area contributed by atoms with Crippen LogP contribution >= 0.6 is 0 Å². The standard InChI is InChI=1S/C22H40N4O8/c1-21(2,3)33-18(29)23-10-8-7-9-14(25-19(30)34-22(4,5)6)12-24-17(28)16-11-15(27)13-26(16)20(31)32/h14-16,27H,7-13H2,1-6H3,(H,23,29)(H,24,28)(H,25,30)(H,31,32)/t14-,15+,16-/m0/s1. The third-order valence-electron chi connectivity index (χ3n) is 4.72. The van der Waals surface area contributed by atoms with Crippen LogP contribution in [0.3, 0.4) is 0 Å². The van der Waals surface area contributed by atoms with Gasteiger partial charge in [0, 0.05) is 25.6 Å². The molecule has 0 aromatic carbocycles. The molecule has 3 atom stereocenters. The van der Waals surface area contributed by atoms with Crippen LogP contribution in [0.2, 0.25) is 0 Å². The van der Waals surface area contributed by atoms with Gasteiger partial charge in [-0.05, 0) is 60.8 Å². The number of hydrogen-bond acceptors (Lipinski definition) is 7. The number of nitrogens with zero attached hydrogens (tertiary/aromatic N) is 1. The zero-order valence-electron chi connectivity index (χ0n) is 21.0. The summed E-state index contributed by atoms with van der Waals surface area (Å²) in [7, 11) is 0. The molecule has 4 amide bonds. The van der Waals surface area contributed by atoms with Crippen LogP contribution in [0.25, 0.3) is 0 Å². The highest BCUT2D eigenvalue weighted by molar-refractivity contribution is 5.86. The van der Waals surface area contributed by atoms with Gasteiger partial charge in [0.1, 0.15) is 17.2 Å². The Labute approximate surface area is 200 Å². The van der Waals surface area contributed by atoms with E-state index in [1.54, 1.807) is 41.5 Å². The molecule has 0 spiro atoms. The maximum Gasteiger partial charge on any atom is 0.408 e. The number of likely N-dealkylation sites (tertiary alicyclic amines) is 1. The second kappa shape index (κ2) is 12.6. The lowest BCUT2D eigenvalue weighted by Gasteiger charge is -2.25. The minimum atomic E-state index is -1.28. The molecule has 0 radical (unpaired) electrons. The number of rotatable bonds is 9. The van der Waals surface area contributed by atoms with Gasteiger partial charge in [-0.1, -0.05) is 0 Å². The lowest BCUT2D eigenvalue weighted by molar-refractivity contribution is -0.125. The van der Waals surface area contributed by atoms with Crippen molar-refractivity contribution in [3.05, 3.63) is 0 Å². The third-order valence-corrected chi connectivity index (χ3v) is 4.72. The van der Waals surface area contributed by atoms with E-state index in [4.69, 9.17) is 9.47 Å². The van der Waals surface area contributed by atoms with Gasteiger partial charge in [-0.2, -0.15) is 0 Å². The SMILES string of the molecule is CC(C)(C)OC(=O)NCCCC[C@@H](CNC(=O)[C@@H]1C[C@@H](O)CN1C(=O)O)NC(=O)OC(C)(C)C. The van der Waals surface area contributed by atoms with Crippen LogP contribution in [-0.4, -0.2) is 88.3 Å². The normalized spacial score (nSPS) is 19.2. The van der Waals surface area contributed by atoms with Crippen LogP contribution in [0.1, 0.15) is 67.2 Å². The molecule has 1 fully saturated rings. The number of carboxylic acid groups (broad SMARTS) is 1. The molecular formula is C22H40N4O8. The molecule has 0 saturated carbocycles. The molecule has 0 aromatic rings. The van der Waals surface area contributed by atoms with Gasteiger partial charge in [0.2, 0.25) is 5.91 Å². The summed E-state index contributed by atoms with van der Waals surface area (Å²) in [4.78, 5) is 48.7. The summed E-state index contributed by atoms with van der Waals surface area (Å²) in [6.07, 6.45) is -1.61. The predicted molar refractivity (Wildman–Crippen MR) is 123 cm³/mol. The number of aliphatic hydroxyl groups is 1. The van der Waals surface area contributed by atoms with Crippen molar-refractivity contribution in [1.29, 1.82) is 0 Å². The molecule has 5 N–H and O–H groups in total. The maximum absolute atomic E-state index is 12.6. The van der Waals surface area contributed by atoms with Crippen LogP contribution in [0.5, 0.6) is 0 Å². The number of alkyl carbamates (subject to hydrolysis) is 2. The molecule has 0 unspecified atom stereocenters. The smallest absolute Gasteiger partial charge is 0.408 e. The topological polar surface area (TPSA) is 167 Å². The first-order valence-corrected chi connectivity index (χ1v) is 11.5. The van der Waals surface area contributed by atoms with Crippen LogP contribution in [0, 0.1) is 0 Å². The number of hydrogen-bond donors (Lipinski definition) is 5. The van der Waals surface area contributed by atoms with E-state index in [-0.39, 0.29) is 19.5 Å². The van der Waals surface area contributed by atoms with Gasteiger partial charge >= 0.3 is 18.3 Å². The highest BCUT2D eigenvalue weighted by Gasteiger charge is 2.39. The van der Waals surface area contributed by atoms with E-state index in [2.05, 4.69) is 16.0 Å². The molecule has 196 valence electrons. The fraction of sp³-hybridized carbons (Fsp3) is 0.818. The summed E-state index contributed by atoms with van der Waals surface area (Å²) < 4.78 is 10.5. The van der Waals surface area contributed by atoms with Crippen LogP contribution in [0.4, 0.5) is 14.4 Å². The summed E-state index contributed by atoms with van der Waals surface area (Å²) in [6.45, 7) is 10.8. The number of carbonyl (C=O) groups excluding carboxylic acids is 3. The van der Waals surface area contributed by atoms with Gasteiger partial charge in [0.15, 0.2) is 0 Å². The van der Waals surface area contributed by atoms with Crippen molar-refractivity contribution in [2.75, 3.05) is 19.6 Å². The van der Waals surface area contributed by atoms with Crippen molar-refractivity contribution in [3.8, 4) is 0 Å². The number of aliphatic hydroxyl groups excluding tert-OH is 1. The lowest BCUT2D eigenvalue weighted by Crippen LogP contribution is -2.50. The summed E-state index contributed by atoms with van der Waals surface area (Å²) in [5, 5.41) is 27.0. The minimum Gasteiger partial charge on any atom is -0.465 e. The van der Waals surface area contributed by atoms with Crippen molar-refractivity contribution in [3.63, 3.8) is 0 Å². The molecule has 1 rings (SSSR count). The number of amides is 4. The molecule has 1 aliphatic heterocycles. The Morgan fingerprint density at radius 3 is 2.12 bits per heavy atom. The number of carbonyl (C=O) groups is 4. The average molecular weight is 489 g/mol. The average Bonchev–Trinajstić information content (AvgIpc) is 3.04. The molecule has 0 aliphatic carbocycles. The molecule has 1 heterocycles. The molecule has 12 heteroatoms. The Bertz CT molecular complexity index is 717. The Morgan fingerprint density at radius 2 is 1.56 bits per heavy atom. The first-order chi connectivity index (χ1) is 15.6.